The predicted octanol–water partition coefficient (Wildman–Crippen LogP) is 2.27. The zero-order chi connectivity index (χ0) is 14.1. The van der Waals surface area contributed by atoms with Gasteiger partial charge in [-0.3, -0.25) is 4.79 Å². The normalized spacial score (nSPS) is 11.1. The zero-order valence-electron chi connectivity index (χ0n) is 10.5. The Morgan fingerprint density at radius 1 is 1.55 bits per heavy atom. The van der Waals surface area contributed by atoms with E-state index in [2.05, 4.69) is 15.1 Å². The number of thiazole rings is 1. The molecule has 0 aliphatic heterocycles. The Morgan fingerprint density at radius 3 is 3.20 bits per heavy atom. The molecule has 1 N–H and O–H groups in total. The molecule has 0 bridgehead atoms. The summed E-state index contributed by atoms with van der Waals surface area (Å²) in [6.07, 6.45) is 3.43. The van der Waals surface area contributed by atoms with E-state index in [0.717, 1.165) is 20.6 Å². The van der Waals surface area contributed by atoms with Gasteiger partial charge in [0, 0.05) is 17.8 Å². The fourth-order valence-electron chi connectivity index (χ4n) is 1.75. The van der Waals surface area contributed by atoms with E-state index in [1.807, 2.05) is 13.0 Å². The van der Waals surface area contributed by atoms with Crippen molar-refractivity contribution >= 4 is 34.6 Å². The molecule has 0 aromatic carbocycles. The minimum atomic E-state index is -0.876. The van der Waals surface area contributed by atoms with E-state index in [9.17, 15) is 4.79 Å². The van der Waals surface area contributed by atoms with Crippen LogP contribution in [0.5, 0.6) is 0 Å². The summed E-state index contributed by atoms with van der Waals surface area (Å²) in [5.74, 6) is -0.876. The van der Waals surface area contributed by atoms with E-state index in [1.54, 1.807) is 22.3 Å². The van der Waals surface area contributed by atoms with Crippen molar-refractivity contribution in [3.63, 3.8) is 0 Å². The topological polar surface area (TPSA) is 80.4 Å². The second-order valence-electron chi connectivity index (χ2n) is 4.13. The molecule has 3 aromatic heterocycles. The van der Waals surface area contributed by atoms with Crippen molar-refractivity contribution in [2.75, 3.05) is 0 Å². The van der Waals surface area contributed by atoms with E-state index < -0.39 is 5.97 Å². The molecule has 0 saturated carbocycles. The maximum absolute atomic E-state index is 10.6. The van der Waals surface area contributed by atoms with Gasteiger partial charge in [0.1, 0.15) is 5.03 Å². The van der Waals surface area contributed by atoms with Crippen molar-refractivity contribution in [2.45, 2.75) is 22.7 Å². The van der Waals surface area contributed by atoms with Crippen LogP contribution in [0, 0.1) is 6.92 Å². The number of hydrogen-bond donors (Lipinski definition) is 1. The summed E-state index contributed by atoms with van der Waals surface area (Å²) in [4.78, 5) is 19.3. The molecule has 0 fully saturated rings. The standard InChI is InChI=1S/C12H10N4O2S2/c1-7-4-9-11(13-2-3-16(9)15-7)20-12-14-8(6-19-12)5-10(17)18/h2-4,6H,5H2,1H3,(H,17,18). The van der Waals surface area contributed by atoms with Gasteiger partial charge in [0.05, 0.1) is 23.3 Å². The number of carboxylic acids is 1. The molecule has 0 amide bonds. The van der Waals surface area contributed by atoms with Gasteiger partial charge in [0.2, 0.25) is 0 Å². The van der Waals surface area contributed by atoms with Gasteiger partial charge in [-0.2, -0.15) is 5.10 Å². The van der Waals surface area contributed by atoms with Crippen molar-refractivity contribution in [1.82, 2.24) is 19.6 Å². The summed E-state index contributed by atoms with van der Waals surface area (Å²) in [5, 5.41) is 15.6. The molecule has 6 nitrogen and oxygen atoms in total. The highest BCUT2D eigenvalue weighted by molar-refractivity contribution is 8.01. The van der Waals surface area contributed by atoms with Gasteiger partial charge in [0.15, 0.2) is 4.34 Å². The van der Waals surface area contributed by atoms with E-state index >= 15 is 0 Å². The van der Waals surface area contributed by atoms with Crippen LogP contribution in [0.2, 0.25) is 0 Å². The molecule has 8 heteroatoms. The molecule has 3 rings (SSSR count). The molecule has 0 spiro atoms. The third kappa shape index (κ3) is 2.66. The zero-order valence-corrected chi connectivity index (χ0v) is 12.1. The van der Waals surface area contributed by atoms with E-state index in [4.69, 9.17) is 5.11 Å². The van der Waals surface area contributed by atoms with Crippen LogP contribution in [-0.4, -0.2) is 30.7 Å². The summed E-state index contributed by atoms with van der Waals surface area (Å²) < 4.78 is 2.55. The second-order valence-corrected chi connectivity index (χ2v) is 6.22. The fraction of sp³-hybridized carbons (Fsp3) is 0.167. The van der Waals surface area contributed by atoms with Gasteiger partial charge in [-0.25, -0.2) is 14.5 Å². The highest BCUT2D eigenvalue weighted by atomic mass is 32.2. The van der Waals surface area contributed by atoms with Crippen LogP contribution in [0.1, 0.15) is 11.4 Å². The largest absolute Gasteiger partial charge is 0.481 e. The Kier molecular flexibility index (Phi) is 3.41. The van der Waals surface area contributed by atoms with Gasteiger partial charge in [-0.1, -0.05) is 0 Å². The summed E-state index contributed by atoms with van der Waals surface area (Å²) >= 11 is 2.84. The van der Waals surface area contributed by atoms with E-state index in [1.165, 1.54) is 23.1 Å². The summed E-state index contributed by atoms with van der Waals surface area (Å²) in [6, 6.07) is 1.96. The molecule has 0 saturated heterocycles. The van der Waals surface area contributed by atoms with Crippen molar-refractivity contribution < 1.29 is 9.90 Å². The number of aromatic nitrogens is 4. The van der Waals surface area contributed by atoms with Gasteiger partial charge < -0.3 is 5.11 Å². The van der Waals surface area contributed by atoms with Gasteiger partial charge in [-0.05, 0) is 24.8 Å². The van der Waals surface area contributed by atoms with Crippen LogP contribution >= 0.6 is 23.1 Å². The van der Waals surface area contributed by atoms with Crippen molar-refractivity contribution in [2.24, 2.45) is 0 Å². The van der Waals surface area contributed by atoms with Crippen LogP contribution in [0.4, 0.5) is 0 Å². The third-order valence-electron chi connectivity index (χ3n) is 2.52. The smallest absolute Gasteiger partial charge is 0.309 e. The molecular weight excluding hydrogens is 296 g/mol. The lowest BCUT2D eigenvalue weighted by Gasteiger charge is -1.99. The number of aryl methyl sites for hydroxylation is 1. The number of fused-ring (bicyclic) bond motifs is 1. The Balaban J connectivity index is 1.89. The lowest BCUT2D eigenvalue weighted by molar-refractivity contribution is -0.136. The number of carboxylic acid groups (broad SMARTS) is 1. The van der Waals surface area contributed by atoms with Crippen LogP contribution in [-0.2, 0) is 11.2 Å². The molecule has 0 atom stereocenters. The van der Waals surface area contributed by atoms with E-state index in [-0.39, 0.29) is 6.42 Å². The minimum absolute atomic E-state index is 0.0551. The maximum Gasteiger partial charge on any atom is 0.309 e. The molecule has 102 valence electrons. The van der Waals surface area contributed by atoms with Crippen LogP contribution in [0.25, 0.3) is 5.52 Å². The van der Waals surface area contributed by atoms with Crippen molar-refractivity contribution in [3.8, 4) is 0 Å². The number of hydrogen-bond acceptors (Lipinski definition) is 6. The molecule has 0 aliphatic carbocycles. The number of carbonyl (C=O) groups is 1. The van der Waals surface area contributed by atoms with Crippen molar-refractivity contribution in [3.05, 3.63) is 35.2 Å². The molecule has 3 aromatic rings. The first-order chi connectivity index (χ1) is 9.61. The lowest BCUT2D eigenvalue weighted by atomic mass is 10.3. The Bertz CT molecular complexity index is 781. The first-order valence-electron chi connectivity index (χ1n) is 5.77. The average Bonchev–Trinajstić information content (AvgIpc) is 2.95. The molecule has 3 heterocycles. The van der Waals surface area contributed by atoms with Gasteiger partial charge in [0.25, 0.3) is 0 Å². The maximum atomic E-state index is 10.6. The summed E-state index contributed by atoms with van der Waals surface area (Å²) in [7, 11) is 0. The Morgan fingerprint density at radius 2 is 2.40 bits per heavy atom. The van der Waals surface area contributed by atoms with Crippen LogP contribution < -0.4 is 0 Å². The Labute approximate surface area is 122 Å². The second kappa shape index (κ2) is 5.22. The SMILES string of the molecule is Cc1cc2c(Sc3nc(CC(=O)O)cs3)nccn2n1. The number of aliphatic carboxylic acids is 1. The average molecular weight is 306 g/mol. The first kappa shape index (κ1) is 13.1. The fourth-order valence-corrected chi connectivity index (χ4v) is 3.57. The Hall–Kier alpha value is -1.93. The highest BCUT2D eigenvalue weighted by Crippen LogP contribution is 2.31. The quantitative estimate of drug-likeness (QED) is 0.796. The van der Waals surface area contributed by atoms with Crippen molar-refractivity contribution in [1.29, 1.82) is 0 Å². The summed E-state index contributed by atoms with van der Waals surface area (Å²) in [6.45, 7) is 1.93. The monoisotopic (exact) mass is 306 g/mol. The third-order valence-corrected chi connectivity index (χ3v) is 4.52. The van der Waals surface area contributed by atoms with Gasteiger partial charge in [-0.15, -0.1) is 11.3 Å². The molecular formula is C12H10N4O2S2. The summed E-state index contributed by atoms with van der Waals surface area (Å²) in [5.41, 5.74) is 2.41. The molecule has 0 unspecified atom stereocenters. The first-order valence-corrected chi connectivity index (χ1v) is 7.46. The molecule has 20 heavy (non-hydrogen) atoms. The highest BCUT2D eigenvalue weighted by Gasteiger charge is 2.11. The predicted molar refractivity (Wildman–Crippen MR) is 75.3 cm³/mol. The molecule has 0 aliphatic rings. The van der Waals surface area contributed by atoms with Crippen LogP contribution in [0.15, 0.2) is 33.2 Å². The minimum Gasteiger partial charge on any atom is -0.481 e. The number of rotatable bonds is 4. The van der Waals surface area contributed by atoms with Gasteiger partial charge >= 0.3 is 5.97 Å². The molecule has 0 radical (unpaired) electrons. The number of nitrogens with zero attached hydrogens (tertiary/aromatic N) is 4. The van der Waals surface area contributed by atoms with Crippen LogP contribution in [0.3, 0.4) is 0 Å². The van der Waals surface area contributed by atoms with E-state index in [0.29, 0.717) is 5.69 Å². The lowest BCUT2D eigenvalue weighted by Crippen LogP contribution is -1.99.